The average Bonchev–Trinajstić information content (AvgIpc) is 3.25. The number of hydrogen-bond donors (Lipinski definition) is 2. The highest BCUT2D eigenvalue weighted by Crippen LogP contribution is 2.37. The van der Waals surface area contributed by atoms with E-state index >= 15 is 0 Å². The first-order valence-electron chi connectivity index (χ1n) is 8.71. The van der Waals surface area contributed by atoms with Crippen molar-refractivity contribution in [2.45, 2.75) is 56.7 Å². The molecule has 4 rings (SSSR count). The largest absolute Gasteiger partial charge is 0.370 e. The average molecular weight is 344 g/mol. The van der Waals surface area contributed by atoms with Gasteiger partial charge < -0.3 is 10.1 Å². The van der Waals surface area contributed by atoms with E-state index in [1.165, 1.54) is 21.6 Å². The van der Waals surface area contributed by atoms with Gasteiger partial charge in [-0.25, -0.2) is 4.98 Å². The van der Waals surface area contributed by atoms with Crippen LogP contribution in [-0.2, 0) is 11.3 Å². The fourth-order valence-electron chi connectivity index (χ4n) is 3.40. The number of ether oxygens (including phenoxy) is 1. The summed E-state index contributed by atoms with van der Waals surface area (Å²) >= 11 is 1.97. The van der Waals surface area contributed by atoms with E-state index in [-0.39, 0.29) is 6.10 Å². The monoisotopic (exact) mass is 344 g/mol. The van der Waals surface area contributed by atoms with Crippen molar-refractivity contribution in [2.24, 2.45) is 0 Å². The summed E-state index contributed by atoms with van der Waals surface area (Å²) in [5, 5.41) is 11.0. The molecule has 2 atom stereocenters. The Bertz CT molecular complexity index is 724. The molecule has 0 saturated carbocycles. The van der Waals surface area contributed by atoms with Gasteiger partial charge in [0, 0.05) is 17.5 Å². The number of nitrogens with zero attached hydrogens (tertiary/aromatic N) is 2. The summed E-state index contributed by atoms with van der Waals surface area (Å²) in [6.07, 6.45) is 3.35. The zero-order valence-corrected chi connectivity index (χ0v) is 15.1. The van der Waals surface area contributed by atoms with Crippen LogP contribution in [0.15, 0.2) is 17.0 Å². The third-order valence-electron chi connectivity index (χ3n) is 4.95. The predicted molar refractivity (Wildman–Crippen MR) is 95.1 cm³/mol. The highest BCUT2D eigenvalue weighted by atomic mass is 32.2. The molecule has 1 aromatic heterocycles. The number of hydrogen-bond acceptors (Lipinski definition) is 5. The lowest BCUT2D eigenvalue weighted by atomic mass is 9.98. The molecule has 128 valence electrons. The zero-order valence-electron chi connectivity index (χ0n) is 14.3. The number of H-pyrrole nitrogens is 1. The second-order valence-electron chi connectivity index (χ2n) is 6.69. The standard InChI is InChI=1S/C18H24N4OS/c1-11-8-13-14(5-7-24-16(13)9-12(11)2)19-10-17-20-18(22-21-17)15-4-3-6-23-15/h8-9,14-15,19H,3-7,10H2,1-2H3,(H,20,21,22). The van der Waals surface area contributed by atoms with Crippen molar-refractivity contribution in [3.63, 3.8) is 0 Å². The van der Waals surface area contributed by atoms with Gasteiger partial charge in [0.25, 0.3) is 0 Å². The Balaban J connectivity index is 1.44. The van der Waals surface area contributed by atoms with Gasteiger partial charge in [0.2, 0.25) is 0 Å². The third-order valence-corrected chi connectivity index (χ3v) is 6.05. The molecule has 2 N–H and O–H groups in total. The Morgan fingerprint density at radius 2 is 2.17 bits per heavy atom. The van der Waals surface area contributed by atoms with Crippen molar-refractivity contribution in [2.75, 3.05) is 12.4 Å². The molecule has 2 aromatic rings. The Morgan fingerprint density at radius 1 is 1.29 bits per heavy atom. The van der Waals surface area contributed by atoms with Crippen molar-refractivity contribution in [3.8, 4) is 0 Å². The van der Waals surface area contributed by atoms with Crippen LogP contribution in [0.4, 0.5) is 0 Å². The molecule has 0 aliphatic carbocycles. The van der Waals surface area contributed by atoms with E-state index in [0.717, 1.165) is 43.3 Å². The lowest BCUT2D eigenvalue weighted by Gasteiger charge is -2.27. The maximum atomic E-state index is 5.65. The van der Waals surface area contributed by atoms with Crippen molar-refractivity contribution in [1.29, 1.82) is 0 Å². The minimum absolute atomic E-state index is 0.0763. The summed E-state index contributed by atoms with van der Waals surface area (Å²) in [7, 11) is 0. The van der Waals surface area contributed by atoms with E-state index in [2.05, 4.69) is 46.5 Å². The second kappa shape index (κ2) is 6.86. The summed E-state index contributed by atoms with van der Waals surface area (Å²) in [4.78, 5) is 6.02. The summed E-state index contributed by atoms with van der Waals surface area (Å²) in [5.74, 6) is 2.85. The molecule has 2 aliphatic heterocycles. The lowest BCUT2D eigenvalue weighted by Crippen LogP contribution is -2.25. The molecule has 1 fully saturated rings. The molecule has 1 saturated heterocycles. The van der Waals surface area contributed by atoms with Crippen LogP contribution in [0.5, 0.6) is 0 Å². The Labute approximate surface area is 147 Å². The minimum atomic E-state index is 0.0763. The zero-order chi connectivity index (χ0) is 16.5. The van der Waals surface area contributed by atoms with Crippen molar-refractivity contribution in [3.05, 3.63) is 40.5 Å². The fourth-order valence-corrected chi connectivity index (χ4v) is 4.60. The molecule has 3 heterocycles. The van der Waals surface area contributed by atoms with Crippen LogP contribution < -0.4 is 5.32 Å². The summed E-state index contributed by atoms with van der Waals surface area (Å²) in [5.41, 5.74) is 4.16. The van der Waals surface area contributed by atoms with E-state index in [9.17, 15) is 0 Å². The van der Waals surface area contributed by atoms with Crippen LogP contribution in [0.25, 0.3) is 0 Å². The van der Waals surface area contributed by atoms with Gasteiger partial charge in [-0.2, -0.15) is 5.10 Å². The second-order valence-corrected chi connectivity index (χ2v) is 7.82. The minimum Gasteiger partial charge on any atom is -0.370 e. The molecule has 0 amide bonds. The van der Waals surface area contributed by atoms with Gasteiger partial charge in [-0.15, -0.1) is 11.8 Å². The third kappa shape index (κ3) is 3.23. The molecular formula is C18H24N4OS. The number of thioether (sulfide) groups is 1. The topological polar surface area (TPSA) is 62.8 Å². The number of aromatic amines is 1. The quantitative estimate of drug-likeness (QED) is 0.887. The number of aryl methyl sites for hydroxylation is 2. The Hall–Kier alpha value is -1.37. The van der Waals surface area contributed by atoms with E-state index in [0.29, 0.717) is 12.6 Å². The molecule has 2 aliphatic rings. The smallest absolute Gasteiger partial charge is 0.179 e. The van der Waals surface area contributed by atoms with Crippen molar-refractivity contribution >= 4 is 11.8 Å². The molecular weight excluding hydrogens is 320 g/mol. The first-order chi connectivity index (χ1) is 11.7. The fraction of sp³-hybridized carbons (Fsp3) is 0.556. The number of nitrogens with one attached hydrogen (secondary N) is 2. The SMILES string of the molecule is Cc1cc2c(cc1C)C(NCc1nc(C3CCCO3)n[nH]1)CCS2. The first-order valence-corrected chi connectivity index (χ1v) is 9.69. The maximum absolute atomic E-state index is 5.65. The first kappa shape index (κ1) is 16.1. The molecule has 0 spiro atoms. The maximum Gasteiger partial charge on any atom is 0.179 e. The molecule has 6 heteroatoms. The van der Waals surface area contributed by atoms with E-state index in [1.54, 1.807) is 0 Å². The van der Waals surface area contributed by atoms with Crippen LogP contribution in [0.1, 0.15) is 59.7 Å². The van der Waals surface area contributed by atoms with Crippen LogP contribution in [0.2, 0.25) is 0 Å². The molecule has 24 heavy (non-hydrogen) atoms. The van der Waals surface area contributed by atoms with Crippen LogP contribution in [0, 0.1) is 13.8 Å². The van der Waals surface area contributed by atoms with Gasteiger partial charge in [-0.05, 0) is 61.6 Å². The number of benzene rings is 1. The molecule has 5 nitrogen and oxygen atoms in total. The van der Waals surface area contributed by atoms with Crippen molar-refractivity contribution in [1.82, 2.24) is 20.5 Å². The predicted octanol–water partition coefficient (Wildman–Crippen LogP) is 3.60. The van der Waals surface area contributed by atoms with E-state index in [4.69, 9.17) is 4.74 Å². The van der Waals surface area contributed by atoms with Gasteiger partial charge in [0.15, 0.2) is 5.82 Å². The van der Waals surface area contributed by atoms with Crippen molar-refractivity contribution < 1.29 is 4.74 Å². The van der Waals surface area contributed by atoms with Gasteiger partial charge >= 0.3 is 0 Å². The molecule has 0 radical (unpaired) electrons. The molecule has 1 aromatic carbocycles. The van der Waals surface area contributed by atoms with E-state index in [1.807, 2.05) is 11.8 Å². The Morgan fingerprint density at radius 3 is 3.00 bits per heavy atom. The number of rotatable bonds is 4. The van der Waals surface area contributed by atoms with E-state index < -0.39 is 0 Å². The molecule has 0 bridgehead atoms. The Kier molecular flexibility index (Phi) is 4.61. The number of fused-ring (bicyclic) bond motifs is 1. The summed E-state index contributed by atoms with van der Waals surface area (Å²) in [6.45, 7) is 5.91. The summed E-state index contributed by atoms with van der Waals surface area (Å²) < 4.78 is 5.65. The van der Waals surface area contributed by atoms with Gasteiger partial charge in [0.1, 0.15) is 11.9 Å². The highest BCUT2D eigenvalue weighted by Gasteiger charge is 2.24. The van der Waals surface area contributed by atoms with Crippen LogP contribution in [0.3, 0.4) is 0 Å². The lowest BCUT2D eigenvalue weighted by molar-refractivity contribution is 0.105. The van der Waals surface area contributed by atoms with Gasteiger partial charge in [-0.1, -0.05) is 6.07 Å². The normalized spacial score (nSPS) is 23.4. The van der Waals surface area contributed by atoms with Gasteiger partial charge in [-0.3, -0.25) is 5.10 Å². The van der Waals surface area contributed by atoms with Gasteiger partial charge in [0.05, 0.1) is 6.54 Å². The van der Waals surface area contributed by atoms with Crippen LogP contribution in [-0.4, -0.2) is 27.5 Å². The number of aromatic nitrogens is 3. The summed E-state index contributed by atoms with van der Waals surface area (Å²) in [6, 6.07) is 5.05. The highest BCUT2D eigenvalue weighted by molar-refractivity contribution is 7.99. The molecule has 2 unspecified atom stereocenters. The van der Waals surface area contributed by atoms with Crippen LogP contribution >= 0.6 is 11.8 Å².